The van der Waals surface area contributed by atoms with Crippen LogP contribution >= 0.6 is 11.6 Å². The van der Waals surface area contributed by atoms with Crippen LogP contribution in [-0.2, 0) is 12.8 Å². The summed E-state index contributed by atoms with van der Waals surface area (Å²) in [6, 6.07) is 12.3. The van der Waals surface area contributed by atoms with Crippen molar-refractivity contribution in [2.45, 2.75) is 26.6 Å². The summed E-state index contributed by atoms with van der Waals surface area (Å²) in [5, 5.41) is 0. The smallest absolute Gasteiger partial charge is 0.416 e. The largest absolute Gasteiger partial charge is 0.487 e. The number of nitrogens with zero attached hydrogens (tertiary/aromatic N) is 1. The van der Waals surface area contributed by atoms with Gasteiger partial charge in [0.2, 0.25) is 5.89 Å². The highest BCUT2D eigenvalue weighted by Crippen LogP contribution is 2.31. The average Bonchev–Trinajstić information content (AvgIpc) is 3.07. The molecule has 7 heteroatoms. The number of hydrogen-bond donors (Lipinski definition) is 0. The number of ether oxygens (including phenoxy) is 1. The van der Waals surface area contributed by atoms with E-state index >= 15 is 0 Å². The van der Waals surface area contributed by atoms with Crippen molar-refractivity contribution < 1.29 is 22.3 Å². The summed E-state index contributed by atoms with van der Waals surface area (Å²) in [6.45, 7) is 3.89. The Bertz CT molecular complexity index is 1010. The molecule has 0 saturated heterocycles. The summed E-state index contributed by atoms with van der Waals surface area (Å²) in [5.74, 6) is 1.91. The van der Waals surface area contributed by atoms with Crippen LogP contribution in [0.25, 0.3) is 17.0 Å². The number of benzene rings is 2. The maximum absolute atomic E-state index is 12.7. The minimum atomic E-state index is -4.38. The molecule has 2 aromatic carbocycles. The van der Waals surface area contributed by atoms with Gasteiger partial charge in [0.05, 0.1) is 5.56 Å². The molecule has 0 fully saturated rings. The molecule has 0 aliphatic rings. The fraction of sp³-hybridized carbons (Fsp3) is 0.227. The van der Waals surface area contributed by atoms with Gasteiger partial charge in [-0.25, -0.2) is 4.98 Å². The van der Waals surface area contributed by atoms with E-state index in [-0.39, 0.29) is 12.5 Å². The lowest BCUT2D eigenvalue weighted by atomic mass is 10.1. The van der Waals surface area contributed by atoms with Gasteiger partial charge in [0.25, 0.3) is 0 Å². The van der Waals surface area contributed by atoms with E-state index in [1.165, 1.54) is 12.1 Å². The molecular weight excluding hydrogens is 403 g/mol. The van der Waals surface area contributed by atoms with E-state index in [1.54, 1.807) is 6.92 Å². The van der Waals surface area contributed by atoms with Gasteiger partial charge in [-0.1, -0.05) is 18.2 Å². The molecule has 152 valence electrons. The molecule has 0 spiro atoms. The molecule has 0 bridgehead atoms. The quantitative estimate of drug-likeness (QED) is 0.406. The van der Waals surface area contributed by atoms with E-state index in [1.807, 2.05) is 37.3 Å². The molecule has 0 radical (unpaired) electrons. The van der Waals surface area contributed by atoms with Crippen LogP contribution in [0.2, 0.25) is 0 Å². The second-order valence-electron chi connectivity index (χ2n) is 6.45. The van der Waals surface area contributed by atoms with Crippen molar-refractivity contribution in [3.8, 4) is 17.2 Å². The second kappa shape index (κ2) is 8.74. The number of oxazole rings is 1. The normalized spacial score (nSPS) is 12.3. The fourth-order valence-electron chi connectivity index (χ4n) is 2.70. The Kier molecular flexibility index (Phi) is 6.33. The lowest BCUT2D eigenvalue weighted by Crippen LogP contribution is -2.04. The Morgan fingerprint density at radius 2 is 1.90 bits per heavy atom. The van der Waals surface area contributed by atoms with Crippen molar-refractivity contribution in [2.75, 3.05) is 5.88 Å². The minimum absolute atomic E-state index is 0.178. The van der Waals surface area contributed by atoms with Crippen LogP contribution < -0.4 is 4.74 Å². The molecular formula is C22H19ClF3NO2. The highest BCUT2D eigenvalue weighted by Gasteiger charge is 2.30. The zero-order chi connectivity index (χ0) is 21.0. The van der Waals surface area contributed by atoms with E-state index in [9.17, 15) is 13.2 Å². The van der Waals surface area contributed by atoms with Crippen LogP contribution in [0.3, 0.4) is 0 Å². The summed E-state index contributed by atoms with van der Waals surface area (Å²) < 4.78 is 49.6. The van der Waals surface area contributed by atoms with Crippen LogP contribution in [0.1, 0.15) is 29.5 Å². The Balaban J connectivity index is 1.73. The minimum Gasteiger partial charge on any atom is -0.487 e. The van der Waals surface area contributed by atoms with Gasteiger partial charge in [0.15, 0.2) is 0 Å². The van der Waals surface area contributed by atoms with Gasteiger partial charge in [0, 0.05) is 11.4 Å². The van der Waals surface area contributed by atoms with Crippen LogP contribution in [-0.4, -0.2) is 10.9 Å². The van der Waals surface area contributed by atoms with Crippen molar-refractivity contribution in [3.05, 3.63) is 77.2 Å². The molecule has 1 heterocycles. The maximum atomic E-state index is 12.7. The van der Waals surface area contributed by atoms with E-state index < -0.39 is 11.7 Å². The average molecular weight is 422 g/mol. The van der Waals surface area contributed by atoms with Crippen molar-refractivity contribution in [1.82, 2.24) is 4.98 Å². The van der Waals surface area contributed by atoms with E-state index in [0.29, 0.717) is 28.6 Å². The summed E-state index contributed by atoms with van der Waals surface area (Å²) in [7, 11) is 0. The molecule has 0 unspecified atom stereocenters. The molecule has 29 heavy (non-hydrogen) atoms. The number of allylic oxidation sites excluding steroid dienone is 2. The third-order valence-corrected chi connectivity index (χ3v) is 4.55. The molecule has 0 amide bonds. The van der Waals surface area contributed by atoms with Gasteiger partial charge >= 0.3 is 6.18 Å². The van der Waals surface area contributed by atoms with Crippen molar-refractivity contribution in [3.63, 3.8) is 0 Å². The molecule has 0 aliphatic heterocycles. The van der Waals surface area contributed by atoms with Gasteiger partial charge in [-0.2, -0.15) is 13.2 Å². The lowest BCUT2D eigenvalue weighted by Gasteiger charge is -2.07. The zero-order valence-electron chi connectivity index (χ0n) is 15.9. The summed E-state index contributed by atoms with van der Waals surface area (Å²) in [6.07, 6.45) is -2.46. The van der Waals surface area contributed by atoms with Crippen LogP contribution in [0, 0.1) is 6.92 Å². The molecule has 1 aromatic heterocycles. The van der Waals surface area contributed by atoms with E-state index in [0.717, 1.165) is 23.3 Å². The van der Waals surface area contributed by atoms with Crippen molar-refractivity contribution in [1.29, 1.82) is 0 Å². The zero-order valence-corrected chi connectivity index (χ0v) is 16.6. The number of halogens is 4. The molecule has 0 N–H and O–H groups in total. The molecule has 3 nitrogen and oxygen atoms in total. The molecule has 3 rings (SSSR count). The van der Waals surface area contributed by atoms with Gasteiger partial charge in [0.1, 0.15) is 23.8 Å². The highest BCUT2D eigenvalue weighted by atomic mass is 35.5. The Morgan fingerprint density at radius 1 is 1.17 bits per heavy atom. The summed E-state index contributed by atoms with van der Waals surface area (Å²) in [4.78, 5) is 4.37. The van der Waals surface area contributed by atoms with Gasteiger partial charge in [-0.15, -0.1) is 11.6 Å². The molecule has 0 aliphatic carbocycles. The van der Waals surface area contributed by atoms with Gasteiger partial charge in [-0.3, -0.25) is 0 Å². The maximum Gasteiger partial charge on any atom is 0.416 e. The Labute approximate surface area is 171 Å². The van der Waals surface area contributed by atoms with E-state index in [4.69, 9.17) is 20.8 Å². The van der Waals surface area contributed by atoms with E-state index in [2.05, 4.69) is 4.98 Å². The number of aryl methyl sites for hydroxylation is 1. The number of rotatable bonds is 6. The highest BCUT2D eigenvalue weighted by molar-refractivity contribution is 6.19. The van der Waals surface area contributed by atoms with Crippen LogP contribution in [0.15, 0.2) is 59.0 Å². The fourth-order valence-corrected chi connectivity index (χ4v) is 2.94. The second-order valence-corrected chi connectivity index (χ2v) is 6.76. The first-order chi connectivity index (χ1) is 13.8. The molecule has 3 aromatic rings. The SMILES string of the molecule is CC(=CCCl)c1cccc(OCc2nc(-c3ccc(C(F)(F)F)cc3)oc2C)c1. The third kappa shape index (κ3) is 5.21. The third-order valence-electron chi connectivity index (χ3n) is 4.40. The molecule has 0 saturated carbocycles. The van der Waals surface area contributed by atoms with Crippen LogP contribution in [0.5, 0.6) is 5.75 Å². The predicted molar refractivity (Wildman–Crippen MR) is 107 cm³/mol. The summed E-state index contributed by atoms with van der Waals surface area (Å²) >= 11 is 5.75. The molecule has 0 atom stereocenters. The first kappa shape index (κ1) is 21.0. The van der Waals surface area contributed by atoms with Crippen molar-refractivity contribution >= 4 is 17.2 Å². The van der Waals surface area contributed by atoms with Gasteiger partial charge < -0.3 is 9.15 Å². The number of aromatic nitrogens is 1. The van der Waals surface area contributed by atoms with Gasteiger partial charge in [-0.05, 0) is 61.4 Å². The standard InChI is InChI=1S/C22H19ClF3NO2/c1-14(10-11-23)17-4-3-5-19(12-17)28-13-20-15(2)29-21(27-20)16-6-8-18(9-7-16)22(24,25)26/h3-10,12H,11,13H2,1-2H3. The Morgan fingerprint density at radius 3 is 2.55 bits per heavy atom. The first-order valence-corrected chi connectivity index (χ1v) is 9.41. The number of alkyl halides is 4. The lowest BCUT2D eigenvalue weighted by molar-refractivity contribution is -0.137. The first-order valence-electron chi connectivity index (χ1n) is 8.88. The summed E-state index contributed by atoms with van der Waals surface area (Å²) in [5.41, 5.74) is 2.39. The Hall–Kier alpha value is -2.73. The monoisotopic (exact) mass is 421 g/mol. The number of hydrogen-bond acceptors (Lipinski definition) is 3. The van der Waals surface area contributed by atoms with Crippen LogP contribution in [0.4, 0.5) is 13.2 Å². The predicted octanol–water partition coefficient (Wildman–Crippen LogP) is 6.89. The topological polar surface area (TPSA) is 35.3 Å². The van der Waals surface area contributed by atoms with Crippen molar-refractivity contribution in [2.24, 2.45) is 0 Å².